The SMILES string of the molecule is Cc1ccccc1CN(C(=O)CCc1ccc2c(c1)OCO2)[C@H](Cc1ccccc1)C(=O)NCC(C)C. The monoisotopic (exact) mass is 500 g/mol. The summed E-state index contributed by atoms with van der Waals surface area (Å²) in [4.78, 5) is 29.1. The van der Waals surface area contributed by atoms with Crippen LogP contribution < -0.4 is 14.8 Å². The van der Waals surface area contributed by atoms with Gasteiger partial charge in [-0.15, -0.1) is 0 Å². The maximum absolute atomic E-state index is 13.8. The minimum atomic E-state index is -0.620. The van der Waals surface area contributed by atoms with Gasteiger partial charge < -0.3 is 19.7 Å². The third kappa shape index (κ3) is 7.13. The van der Waals surface area contributed by atoms with Crippen molar-refractivity contribution >= 4 is 11.8 Å². The van der Waals surface area contributed by atoms with Gasteiger partial charge in [0, 0.05) is 25.9 Å². The highest BCUT2D eigenvalue weighted by molar-refractivity contribution is 5.88. The van der Waals surface area contributed by atoms with Crippen molar-refractivity contribution in [1.29, 1.82) is 0 Å². The molecule has 0 bridgehead atoms. The summed E-state index contributed by atoms with van der Waals surface area (Å²) in [6, 6.07) is 23.1. The average molecular weight is 501 g/mol. The molecule has 0 aromatic heterocycles. The van der Waals surface area contributed by atoms with Gasteiger partial charge in [-0.3, -0.25) is 9.59 Å². The number of carbonyl (C=O) groups excluding carboxylic acids is 2. The molecular weight excluding hydrogens is 464 g/mol. The van der Waals surface area contributed by atoms with Crippen LogP contribution in [0.3, 0.4) is 0 Å². The number of benzene rings is 3. The molecule has 1 aliphatic rings. The highest BCUT2D eigenvalue weighted by Gasteiger charge is 2.30. The molecule has 0 aliphatic carbocycles. The zero-order chi connectivity index (χ0) is 26.2. The second kappa shape index (κ2) is 12.4. The Morgan fingerprint density at radius 1 is 0.919 bits per heavy atom. The van der Waals surface area contributed by atoms with Crippen LogP contribution in [-0.2, 0) is 29.0 Å². The van der Waals surface area contributed by atoms with Crippen molar-refractivity contribution in [1.82, 2.24) is 10.2 Å². The molecule has 1 N–H and O–H groups in total. The van der Waals surface area contributed by atoms with Gasteiger partial charge in [-0.25, -0.2) is 0 Å². The number of nitrogens with one attached hydrogen (secondary N) is 1. The lowest BCUT2D eigenvalue weighted by Crippen LogP contribution is -2.51. The highest BCUT2D eigenvalue weighted by Crippen LogP contribution is 2.33. The Morgan fingerprint density at radius 3 is 2.41 bits per heavy atom. The van der Waals surface area contributed by atoms with E-state index >= 15 is 0 Å². The topological polar surface area (TPSA) is 67.9 Å². The molecular formula is C31H36N2O4. The Morgan fingerprint density at radius 2 is 1.65 bits per heavy atom. The molecule has 194 valence electrons. The van der Waals surface area contributed by atoms with Crippen LogP contribution in [0, 0.1) is 12.8 Å². The number of amides is 2. The highest BCUT2D eigenvalue weighted by atomic mass is 16.7. The average Bonchev–Trinajstić information content (AvgIpc) is 3.37. The molecule has 0 radical (unpaired) electrons. The maximum atomic E-state index is 13.8. The molecule has 0 fully saturated rings. The van der Waals surface area contributed by atoms with E-state index in [0.29, 0.717) is 37.6 Å². The van der Waals surface area contributed by atoms with Gasteiger partial charge in [0.1, 0.15) is 6.04 Å². The van der Waals surface area contributed by atoms with E-state index in [9.17, 15) is 9.59 Å². The summed E-state index contributed by atoms with van der Waals surface area (Å²) >= 11 is 0. The van der Waals surface area contributed by atoms with Gasteiger partial charge in [-0.1, -0.05) is 74.5 Å². The molecule has 1 atom stereocenters. The van der Waals surface area contributed by atoms with Crippen molar-refractivity contribution in [2.75, 3.05) is 13.3 Å². The minimum absolute atomic E-state index is 0.0541. The second-order valence-corrected chi connectivity index (χ2v) is 9.98. The van der Waals surface area contributed by atoms with Crippen molar-refractivity contribution in [3.8, 4) is 11.5 Å². The normalized spacial score (nSPS) is 12.9. The Kier molecular flexibility index (Phi) is 8.83. The quantitative estimate of drug-likeness (QED) is 0.399. The summed E-state index contributed by atoms with van der Waals surface area (Å²) in [6.45, 7) is 7.32. The predicted octanol–water partition coefficient (Wildman–Crippen LogP) is 5.07. The fourth-order valence-corrected chi connectivity index (χ4v) is 4.44. The minimum Gasteiger partial charge on any atom is -0.454 e. The summed E-state index contributed by atoms with van der Waals surface area (Å²) in [5.41, 5.74) is 4.15. The predicted molar refractivity (Wildman–Crippen MR) is 144 cm³/mol. The third-order valence-corrected chi connectivity index (χ3v) is 6.62. The van der Waals surface area contributed by atoms with Crippen molar-refractivity contribution in [3.05, 3.63) is 95.1 Å². The van der Waals surface area contributed by atoms with E-state index in [-0.39, 0.29) is 25.0 Å². The molecule has 0 saturated carbocycles. The number of carbonyl (C=O) groups is 2. The lowest BCUT2D eigenvalue weighted by molar-refractivity contribution is -0.141. The smallest absolute Gasteiger partial charge is 0.243 e. The van der Waals surface area contributed by atoms with Crippen molar-refractivity contribution in [2.24, 2.45) is 5.92 Å². The molecule has 2 amide bonds. The number of hydrogen-bond donors (Lipinski definition) is 1. The maximum Gasteiger partial charge on any atom is 0.243 e. The van der Waals surface area contributed by atoms with Gasteiger partial charge in [0.15, 0.2) is 11.5 Å². The number of rotatable bonds is 11. The number of fused-ring (bicyclic) bond motifs is 1. The van der Waals surface area contributed by atoms with Gasteiger partial charge in [0.05, 0.1) is 0 Å². The van der Waals surface area contributed by atoms with E-state index in [4.69, 9.17) is 9.47 Å². The van der Waals surface area contributed by atoms with Crippen LogP contribution in [0.25, 0.3) is 0 Å². The van der Waals surface area contributed by atoms with Crippen LogP contribution in [0.5, 0.6) is 11.5 Å². The van der Waals surface area contributed by atoms with Crippen LogP contribution in [0.2, 0.25) is 0 Å². The van der Waals surface area contributed by atoms with E-state index in [1.165, 1.54) is 0 Å². The number of hydrogen-bond acceptors (Lipinski definition) is 4. The number of ether oxygens (including phenoxy) is 2. The van der Waals surface area contributed by atoms with Crippen molar-refractivity contribution in [3.63, 3.8) is 0 Å². The van der Waals surface area contributed by atoms with Crippen LogP contribution in [0.4, 0.5) is 0 Å². The van der Waals surface area contributed by atoms with Gasteiger partial charge in [0.2, 0.25) is 18.6 Å². The molecule has 3 aromatic carbocycles. The van der Waals surface area contributed by atoms with E-state index < -0.39 is 6.04 Å². The first-order valence-electron chi connectivity index (χ1n) is 12.9. The Labute approximate surface area is 219 Å². The second-order valence-electron chi connectivity index (χ2n) is 9.98. The molecule has 37 heavy (non-hydrogen) atoms. The van der Waals surface area contributed by atoms with E-state index in [0.717, 1.165) is 28.0 Å². The summed E-state index contributed by atoms with van der Waals surface area (Å²) in [7, 11) is 0. The molecule has 3 aromatic rings. The van der Waals surface area contributed by atoms with Crippen molar-refractivity contribution < 1.29 is 19.1 Å². The Bertz CT molecular complexity index is 1210. The summed E-state index contributed by atoms with van der Waals surface area (Å²) in [6.07, 6.45) is 1.28. The summed E-state index contributed by atoms with van der Waals surface area (Å²) in [5, 5.41) is 3.08. The van der Waals surface area contributed by atoms with Crippen LogP contribution >= 0.6 is 0 Å². The summed E-state index contributed by atoms with van der Waals surface area (Å²) in [5.74, 6) is 1.56. The number of nitrogens with zero attached hydrogens (tertiary/aromatic N) is 1. The lowest BCUT2D eigenvalue weighted by Gasteiger charge is -2.32. The lowest BCUT2D eigenvalue weighted by atomic mass is 10.00. The van der Waals surface area contributed by atoms with Gasteiger partial charge in [-0.2, -0.15) is 0 Å². The molecule has 1 aliphatic heterocycles. The standard InChI is InChI=1S/C31H36N2O4/c1-22(2)19-32-31(35)27(17-24-10-5-4-6-11-24)33(20-26-12-8-7-9-23(26)3)30(34)16-14-25-13-15-28-29(18-25)37-21-36-28/h4-13,15,18,22,27H,14,16-17,19-21H2,1-3H3,(H,32,35)/t27-/m1/s1. The third-order valence-electron chi connectivity index (χ3n) is 6.62. The molecule has 6 heteroatoms. The van der Waals surface area contributed by atoms with Gasteiger partial charge in [-0.05, 0) is 53.6 Å². The molecule has 0 spiro atoms. The number of aryl methyl sites for hydroxylation is 2. The molecule has 0 unspecified atom stereocenters. The first-order chi connectivity index (χ1) is 17.9. The first-order valence-corrected chi connectivity index (χ1v) is 12.9. The van der Waals surface area contributed by atoms with E-state index in [1.807, 2.05) is 79.7 Å². The van der Waals surface area contributed by atoms with Gasteiger partial charge in [0.25, 0.3) is 0 Å². The Balaban J connectivity index is 1.60. The van der Waals surface area contributed by atoms with Crippen LogP contribution in [0.15, 0.2) is 72.8 Å². The summed E-state index contributed by atoms with van der Waals surface area (Å²) < 4.78 is 10.9. The largest absolute Gasteiger partial charge is 0.454 e. The van der Waals surface area contributed by atoms with Crippen molar-refractivity contribution in [2.45, 2.75) is 52.6 Å². The molecule has 0 saturated heterocycles. The fourth-order valence-electron chi connectivity index (χ4n) is 4.44. The van der Waals surface area contributed by atoms with E-state index in [2.05, 4.69) is 19.2 Å². The van der Waals surface area contributed by atoms with Crippen LogP contribution in [-0.4, -0.2) is 36.1 Å². The van der Waals surface area contributed by atoms with Crippen LogP contribution in [0.1, 0.15) is 42.5 Å². The fraction of sp³-hybridized carbons (Fsp3) is 0.355. The zero-order valence-electron chi connectivity index (χ0n) is 21.9. The zero-order valence-corrected chi connectivity index (χ0v) is 21.9. The Hall–Kier alpha value is -3.80. The molecule has 4 rings (SSSR count). The van der Waals surface area contributed by atoms with Gasteiger partial charge >= 0.3 is 0 Å². The molecule has 1 heterocycles. The van der Waals surface area contributed by atoms with E-state index in [1.54, 1.807) is 4.90 Å². The molecule has 6 nitrogen and oxygen atoms in total. The first kappa shape index (κ1) is 26.3.